The van der Waals surface area contributed by atoms with Crippen LogP contribution in [0.15, 0.2) is 30.0 Å². The normalized spacial score (nSPS) is 10.4. The van der Waals surface area contributed by atoms with Gasteiger partial charge < -0.3 is 9.88 Å². The van der Waals surface area contributed by atoms with E-state index in [1.165, 1.54) is 10.9 Å². The number of anilines is 1. The van der Waals surface area contributed by atoms with Gasteiger partial charge in [0.05, 0.1) is 25.0 Å². The lowest BCUT2D eigenvalue weighted by atomic mass is 10.4. The number of halogens is 1. The molecule has 7 nitrogen and oxygen atoms in total. The van der Waals surface area contributed by atoms with Gasteiger partial charge in [-0.3, -0.25) is 4.79 Å². The van der Waals surface area contributed by atoms with Crippen LogP contribution in [-0.2, 0) is 20.1 Å². The second-order valence-electron chi connectivity index (χ2n) is 3.86. The fraction of sp³-hybridized carbons (Fsp3) is 0.273. The van der Waals surface area contributed by atoms with Crippen molar-refractivity contribution in [1.29, 1.82) is 0 Å². The van der Waals surface area contributed by atoms with Crippen molar-refractivity contribution in [3.63, 3.8) is 0 Å². The van der Waals surface area contributed by atoms with Gasteiger partial charge in [-0.1, -0.05) is 17.7 Å². The van der Waals surface area contributed by atoms with Gasteiger partial charge in [0.2, 0.25) is 0 Å². The lowest BCUT2D eigenvalue weighted by Gasteiger charge is -2.08. The van der Waals surface area contributed by atoms with Gasteiger partial charge in [0.15, 0.2) is 5.82 Å². The van der Waals surface area contributed by atoms with Crippen LogP contribution in [0.25, 0.3) is 0 Å². The fourth-order valence-electron chi connectivity index (χ4n) is 1.48. The van der Waals surface area contributed by atoms with Crippen LogP contribution in [0.4, 0.5) is 5.69 Å². The third kappa shape index (κ3) is 2.82. The molecule has 0 unspecified atom stereocenters. The summed E-state index contributed by atoms with van der Waals surface area (Å²) in [5.74, 6) is 0.728. The predicted octanol–water partition coefficient (Wildman–Crippen LogP) is 0.823. The van der Waals surface area contributed by atoms with Gasteiger partial charge in [0.25, 0.3) is 5.56 Å². The first-order valence-corrected chi connectivity index (χ1v) is 5.94. The summed E-state index contributed by atoms with van der Waals surface area (Å²) in [7, 11) is 1.83. The number of hydrogen-bond donors (Lipinski definition) is 1. The Hall–Kier alpha value is -2.15. The Morgan fingerprint density at radius 2 is 2.37 bits per heavy atom. The highest BCUT2D eigenvalue weighted by Crippen LogP contribution is 2.15. The molecule has 0 saturated heterocycles. The van der Waals surface area contributed by atoms with Crippen molar-refractivity contribution < 1.29 is 0 Å². The second kappa shape index (κ2) is 5.66. The Kier molecular flexibility index (Phi) is 3.96. The molecular formula is C11H13ClN6O. The highest BCUT2D eigenvalue weighted by molar-refractivity contribution is 6.32. The molecule has 0 aromatic carbocycles. The zero-order chi connectivity index (χ0) is 13.8. The zero-order valence-electron chi connectivity index (χ0n) is 10.4. The van der Waals surface area contributed by atoms with Crippen molar-refractivity contribution in [2.24, 2.45) is 7.05 Å². The molecule has 0 spiro atoms. The van der Waals surface area contributed by atoms with Crippen LogP contribution in [0.3, 0.4) is 0 Å². The first kappa shape index (κ1) is 13.3. The topological polar surface area (TPSA) is 77.6 Å². The summed E-state index contributed by atoms with van der Waals surface area (Å²) in [6, 6.07) is 0. The highest BCUT2D eigenvalue weighted by atomic mass is 35.5. The molecule has 2 heterocycles. The molecule has 0 atom stereocenters. The SMILES string of the molecule is C=CCn1ncc(NCc2nncn2C)c(Cl)c1=O. The van der Waals surface area contributed by atoms with Crippen molar-refractivity contribution in [2.45, 2.75) is 13.1 Å². The molecule has 1 N–H and O–H groups in total. The fourth-order valence-corrected chi connectivity index (χ4v) is 1.70. The van der Waals surface area contributed by atoms with Crippen LogP contribution in [0.5, 0.6) is 0 Å². The molecule has 2 rings (SSSR count). The lowest BCUT2D eigenvalue weighted by molar-refractivity contribution is 0.652. The zero-order valence-corrected chi connectivity index (χ0v) is 11.1. The van der Waals surface area contributed by atoms with E-state index < -0.39 is 0 Å². The van der Waals surface area contributed by atoms with Crippen LogP contribution in [0.1, 0.15) is 5.82 Å². The second-order valence-corrected chi connectivity index (χ2v) is 4.24. The highest BCUT2D eigenvalue weighted by Gasteiger charge is 2.09. The number of aryl methyl sites for hydroxylation is 1. The number of allylic oxidation sites excluding steroid dienone is 1. The van der Waals surface area contributed by atoms with E-state index in [9.17, 15) is 4.79 Å². The molecule has 8 heteroatoms. The number of nitrogens with one attached hydrogen (secondary N) is 1. The minimum absolute atomic E-state index is 0.0963. The molecule has 2 aromatic rings. The van der Waals surface area contributed by atoms with Crippen LogP contribution >= 0.6 is 11.6 Å². The summed E-state index contributed by atoms with van der Waals surface area (Å²) in [6.07, 6.45) is 4.68. The van der Waals surface area contributed by atoms with Crippen LogP contribution in [-0.4, -0.2) is 24.5 Å². The maximum absolute atomic E-state index is 11.9. The molecule has 0 amide bonds. The summed E-state index contributed by atoms with van der Waals surface area (Å²) in [4.78, 5) is 11.9. The standard InChI is InChI=1S/C11H13ClN6O/c1-3-4-18-11(19)10(12)8(5-15-18)13-6-9-16-14-7-17(9)2/h3,5,7,13H,1,4,6H2,2H3. The van der Waals surface area contributed by atoms with E-state index in [0.717, 1.165) is 5.82 Å². The van der Waals surface area contributed by atoms with Gasteiger partial charge in [-0.25, -0.2) is 4.68 Å². The third-order valence-corrected chi connectivity index (χ3v) is 2.89. The average molecular weight is 281 g/mol. The van der Waals surface area contributed by atoms with E-state index >= 15 is 0 Å². The van der Waals surface area contributed by atoms with Crippen LogP contribution in [0.2, 0.25) is 5.02 Å². The first-order chi connectivity index (χ1) is 9.13. The molecule has 0 saturated carbocycles. The Morgan fingerprint density at radius 1 is 1.58 bits per heavy atom. The maximum atomic E-state index is 11.9. The van der Waals surface area contributed by atoms with Gasteiger partial charge in [0.1, 0.15) is 11.3 Å². The third-order valence-electron chi connectivity index (χ3n) is 2.53. The molecule has 0 aliphatic carbocycles. The van der Waals surface area contributed by atoms with Gasteiger partial charge in [-0.15, -0.1) is 16.8 Å². The van der Waals surface area contributed by atoms with Crippen LogP contribution < -0.4 is 10.9 Å². The molecular weight excluding hydrogens is 268 g/mol. The molecule has 2 aromatic heterocycles. The van der Waals surface area contributed by atoms with Crippen molar-refractivity contribution in [3.8, 4) is 0 Å². The monoisotopic (exact) mass is 280 g/mol. The van der Waals surface area contributed by atoms with E-state index in [2.05, 4.69) is 27.2 Å². The average Bonchev–Trinajstić information content (AvgIpc) is 2.80. The molecule has 0 radical (unpaired) electrons. The van der Waals surface area contributed by atoms with E-state index in [4.69, 9.17) is 11.6 Å². The first-order valence-electron chi connectivity index (χ1n) is 5.56. The molecule has 0 aliphatic rings. The minimum atomic E-state index is -0.357. The van der Waals surface area contributed by atoms with Gasteiger partial charge in [0, 0.05) is 7.05 Å². The molecule has 19 heavy (non-hydrogen) atoms. The van der Waals surface area contributed by atoms with Gasteiger partial charge in [-0.05, 0) is 0 Å². The lowest BCUT2D eigenvalue weighted by Crippen LogP contribution is -2.23. The minimum Gasteiger partial charge on any atom is -0.375 e. The molecule has 0 fully saturated rings. The largest absolute Gasteiger partial charge is 0.375 e. The number of nitrogens with zero attached hydrogens (tertiary/aromatic N) is 5. The van der Waals surface area contributed by atoms with Crippen LogP contribution in [0, 0.1) is 0 Å². The summed E-state index contributed by atoms with van der Waals surface area (Å²) in [5, 5.41) is 14.8. The van der Waals surface area contributed by atoms with Gasteiger partial charge in [-0.2, -0.15) is 5.10 Å². The Labute approximate surface area is 114 Å². The smallest absolute Gasteiger partial charge is 0.287 e. The summed E-state index contributed by atoms with van der Waals surface area (Å²) in [5.41, 5.74) is 0.111. The van der Waals surface area contributed by atoms with Crippen molar-refractivity contribution in [2.75, 3.05) is 5.32 Å². The van der Waals surface area contributed by atoms with E-state index in [-0.39, 0.29) is 10.6 Å². The van der Waals surface area contributed by atoms with Crippen molar-refractivity contribution in [1.82, 2.24) is 24.5 Å². The summed E-state index contributed by atoms with van der Waals surface area (Å²) < 4.78 is 3.01. The Balaban J connectivity index is 2.18. The van der Waals surface area contributed by atoms with E-state index in [1.54, 1.807) is 17.0 Å². The Morgan fingerprint density at radius 3 is 3.00 bits per heavy atom. The predicted molar refractivity (Wildman–Crippen MR) is 72.0 cm³/mol. The van der Waals surface area contributed by atoms with Crippen molar-refractivity contribution in [3.05, 3.63) is 46.4 Å². The quantitative estimate of drug-likeness (QED) is 0.821. The summed E-state index contributed by atoms with van der Waals surface area (Å²) >= 11 is 6.00. The molecule has 100 valence electrons. The molecule has 0 aliphatic heterocycles. The number of hydrogen-bond acceptors (Lipinski definition) is 5. The van der Waals surface area contributed by atoms with Gasteiger partial charge >= 0.3 is 0 Å². The van der Waals surface area contributed by atoms with E-state index in [1.807, 2.05) is 7.05 Å². The molecule has 0 bridgehead atoms. The summed E-state index contributed by atoms with van der Waals surface area (Å²) in [6.45, 7) is 4.28. The Bertz CT molecular complexity index is 647. The van der Waals surface area contributed by atoms with Crippen molar-refractivity contribution >= 4 is 17.3 Å². The van der Waals surface area contributed by atoms with E-state index in [0.29, 0.717) is 18.8 Å². The number of rotatable bonds is 5. The maximum Gasteiger partial charge on any atom is 0.287 e. The number of aromatic nitrogens is 5.